The molecule has 164 valence electrons. The first kappa shape index (κ1) is 26.3. The monoisotopic (exact) mass is 410 g/mol. The molecule has 0 bridgehead atoms. The number of carbonyl (C=O) groups is 3. The van der Waals surface area contributed by atoms with E-state index < -0.39 is 24.3 Å². The van der Waals surface area contributed by atoms with Crippen molar-refractivity contribution in [2.75, 3.05) is 19.7 Å². The zero-order chi connectivity index (χ0) is 22.4. The van der Waals surface area contributed by atoms with Crippen molar-refractivity contribution in [2.45, 2.75) is 60.5 Å². The molecule has 0 aromatic carbocycles. The molecule has 0 aliphatic rings. The van der Waals surface area contributed by atoms with Gasteiger partial charge in [-0.15, -0.1) is 0 Å². The van der Waals surface area contributed by atoms with Crippen molar-refractivity contribution in [3.8, 4) is 12.0 Å². The lowest BCUT2D eigenvalue weighted by molar-refractivity contribution is -0.141. The van der Waals surface area contributed by atoms with Crippen LogP contribution in [0, 0.1) is 23.4 Å². The minimum absolute atomic E-state index is 0.0290. The third-order valence-corrected chi connectivity index (χ3v) is 3.87. The van der Waals surface area contributed by atoms with Gasteiger partial charge in [-0.05, 0) is 38.0 Å². The molecule has 0 aliphatic heterocycles. The fraction of sp³-hybridized carbons (Fsp3) is 0.667. The summed E-state index contributed by atoms with van der Waals surface area (Å²) in [6.45, 7) is 15.3. The molecule has 8 heteroatoms. The summed E-state index contributed by atoms with van der Waals surface area (Å²) in [5.74, 6) is 2.28. The van der Waals surface area contributed by atoms with Gasteiger partial charge in [-0.25, -0.2) is 14.4 Å². The first-order valence-electron chi connectivity index (χ1n) is 9.60. The lowest BCUT2D eigenvalue weighted by Crippen LogP contribution is -2.37. The molecule has 2 N–H and O–H groups in total. The van der Waals surface area contributed by atoms with Gasteiger partial charge in [0, 0.05) is 25.6 Å². The SMILES string of the molecule is C=C(C)C(=O)OCC(C)OC(=O)NCC(C)(C)CC(C)CCNC(=O)OC#CC. The predicted molar refractivity (Wildman–Crippen MR) is 110 cm³/mol. The number of alkyl carbamates (subject to hydrolysis) is 2. The summed E-state index contributed by atoms with van der Waals surface area (Å²) in [4.78, 5) is 34.6. The summed E-state index contributed by atoms with van der Waals surface area (Å²) in [6, 6.07) is 0. The fourth-order valence-electron chi connectivity index (χ4n) is 2.56. The number of nitrogens with one attached hydrogen (secondary N) is 2. The highest BCUT2D eigenvalue weighted by Gasteiger charge is 2.23. The Morgan fingerprint density at radius 1 is 1.14 bits per heavy atom. The van der Waals surface area contributed by atoms with Crippen molar-refractivity contribution in [3.63, 3.8) is 0 Å². The molecule has 0 spiro atoms. The van der Waals surface area contributed by atoms with E-state index in [2.05, 4.69) is 40.9 Å². The maximum Gasteiger partial charge on any atom is 0.421 e. The van der Waals surface area contributed by atoms with Gasteiger partial charge < -0.3 is 24.8 Å². The zero-order valence-electron chi connectivity index (χ0n) is 18.3. The molecule has 0 radical (unpaired) electrons. The molecule has 0 heterocycles. The van der Waals surface area contributed by atoms with Crippen LogP contribution in [-0.4, -0.2) is 44.0 Å². The van der Waals surface area contributed by atoms with E-state index >= 15 is 0 Å². The largest absolute Gasteiger partial charge is 0.458 e. The molecule has 29 heavy (non-hydrogen) atoms. The molecule has 2 unspecified atom stereocenters. The van der Waals surface area contributed by atoms with E-state index in [0.29, 0.717) is 24.6 Å². The molecule has 0 fully saturated rings. The van der Waals surface area contributed by atoms with Gasteiger partial charge in [0.05, 0.1) is 0 Å². The summed E-state index contributed by atoms with van der Waals surface area (Å²) in [6.07, 6.45) is 2.16. The molecule has 0 aliphatic carbocycles. The topological polar surface area (TPSA) is 103 Å². The van der Waals surface area contributed by atoms with Crippen LogP contribution in [0.4, 0.5) is 9.59 Å². The molecule has 0 aromatic heterocycles. The Morgan fingerprint density at radius 3 is 2.38 bits per heavy atom. The van der Waals surface area contributed by atoms with Gasteiger partial charge >= 0.3 is 18.2 Å². The van der Waals surface area contributed by atoms with Crippen LogP contribution in [0.2, 0.25) is 0 Å². The molecule has 2 atom stereocenters. The smallest absolute Gasteiger partial charge is 0.421 e. The molecule has 2 amide bonds. The summed E-state index contributed by atoms with van der Waals surface area (Å²) in [5.41, 5.74) is 0.127. The Morgan fingerprint density at radius 2 is 1.79 bits per heavy atom. The average Bonchev–Trinajstić information content (AvgIpc) is 2.62. The summed E-state index contributed by atoms with van der Waals surface area (Å²) in [5, 5.41) is 5.38. The maximum absolute atomic E-state index is 11.9. The molecule has 0 rings (SSSR count). The average molecular weight is 411 g/mol. The van der Waals surface area contributed by atoms with Crippen LogP contribution in [-0.2, 0) is 19.0 Å². The number of rotatable bonds is 11. The van der Waals surface area contributed by atoms with E-state index in [-0.39, 0.29) is 12.0 Å². The lowest BCUT2D eigenvalue weighted by atomic mass is 9.82. The first-order valence-corrected chi connectivity index (χ1v) is 9.60. The van der Waals surface area contributed by atoms with Crippen LogP contribution in [0.25, 0.3) is 0 Å². The van der Waals surface area contributed by atoms with E-state index in [1.807, 2.05) is 13.8 Å². The molecular formula is C21H34N2O6. The van der Waals surface area contributed by atoms with Crippen molar-refractivity contribution in [3.05, 3.63) is 12.2 Å². The van der Waals surface area contributed by atoms with Gasteiger partial charge in [-0.1, -0.05) is 33.3 Å². The van der Waals surface area contributed by atoms with Gasteiger partial charge in [0.15, 0.2) is 0 Å². The minimum Gasteiger partial charge on any atom is -0.458 e. The number of ether oxygens (including phenoxy) is 3. The van der Waals surface area contributed by atoms with Crippen LogP contribution < -0.4 is 10.6 Å². The second-order valence-electron chi connectivity index (χ2n) is 7.88. The number of esters is 1. The van der Waals surface area contributed by atoms with Crippen molar-refractivity contribution >= 4 is 18.2 Å². The quantitative estimate of drug-likeness (QED) is 0.234. The highest BCUT2D eigenvalue weighted by atomic mass is 16.6. The predicted octanol–water partition coefficient (Wildman–Crippen LogP) is 3.37. The normalized spacial score (nSPS) is 12.5. The van der Waals surface area contributed by atoms with Crippen LogP contribution in [0.3, 0.4) is 0 Å². The zero-order valence-corrected chi connectivity index (χ0v) is 18.3. The Kier molecular flexibility index (Phi) is 12.2. The Bertz CT molecular complexity index is 633. The molecule has 8 nitrogen and oxygen atoms in total. The lowest BCUT2D eigenvalue weighted by Gasteiger charge is -2.28. The van der Waals surface area contributed by atoms with E-state index in [9.17, 15) is 14.4 Å². The second-order valence-corrected chi connectivity index (χ2v) is 7.88. The summed E-state index contributed by atoms with van der Waals surface area (Å²) >= 11 is 0. The number of hydrogen-bond acceptors (Lipinski definition) is 6. The molecule has 0 saturated heterocycles. The Labute approximate surface area is 173 Å². The second kappa shape index (κ2) is 13.5. The highest BCUT2D eigenvalue weighted by molar-refractivity contribution is 5.86. The third-order valence-electron chi connectivity index (χ3n) is 3.87. The number of carbonyl (C=O) groups excluding carboxylic acids is 3. The standard InChI is InChI=1S/C21H34N2O6/c1-8-11-27-19(25)22-10-9-16(4)12-21(6,7)14-23-20(26)29-17(5)13-28-18(24)15(2)3/h16-17H,2,9-10,12-14H2,1,3-7H3,(H,22,25)(H,23,26). The number of amides is 2. The van der Waals surface area contributed by atoms with E-state index in [1.165, 1.54) is 0 Å². The van der Waals surface area contributed by atoms with Crippen molar-refractivity contribution in [1.82, 2.24) is 10.6 Å². The maximum atomic E-state index is 11.9. The van der Waals surface area contributed by atoms with Crippen molar-refractivity contribution < 1.29 is 28.6 Å². The van der Waals surface area contributed by atoms with E-state index in [4.69, 9.17) is 9.47 Å². The molecular weight excluding hydrogens is 376 g/mol. The van der Waals surface area contributed by atoms with Gasteiger partial charge in [-0.2, -0.15) is 0 Å². The van der Waals surface area contributed by atoms with Gasteiger partial charge in [0.25, 0.3) is 0 Å². The minimum atomic E-state index is -0.566. The van der Waals surface area contributed by atoms with Crippen molar-refractivity contribution in [2.24, 2.45) is 11.3 Å². The van der Waals surface area contributed by atoms with E-state index in [1.54, 1.807) is 20.8 Å². The molecule has 0 saturated carbocycles. The number of hydrogen-bond donors (Lipinski definition) is 2. The fourth-order valence-corrected chi connectivity index (χ4v) is 2.56. The summed E-state index contributed by atoms with van der Waals surface area (Å²) in [7, 11) is 0. The summed E-state index contributed by atoms with van der Waals surface area (Å²) < 4.78 is 14.7. The van der Waals surface area contributed by atoms with Crippen LogP contribution >= 0.6 is 0 Å². The highest BCUT2D eigenvalue weighted by Crippen LogP contribution is 2.26. The van der Waals surface area contributed by atoms with Crippen LogP contribution in [0.15, 0.2) is 12.2 Å². The Hall–Kier alpha value is -2.69. The van der Waals surface area contributed by atoms with Gasteiger partial charge in [0.1, 0.15) is 18.8 Å². The van der Waals surface area contributed by atoms with Gasteiger partial charge in [0.2, 0.25) is 0 Å². The third kappa shape index (κ3) is 14.0. The van der Waals surface area contributed by atoms with Gasteiger partial charge in [-0.3, -0.25) is 0 Å². The van der Waals surface area contributed by atoms with E-state index in [0.717, 1.165) is 12.8 Å². The van der Waals surface area contributed by atoms with Crippen molar-refractivity contribution in [1.29, 1.82) is 0 Å². The first-order chi connectivity index (χ1) is 13.5. The molecule has 0 aromatic rings. The van der Waals surface area contributed by atoms with Crippen LogP contribution in [0.5, 0.6) is 0 Å². The Balaban J connectivity index is 4.14. The van der Waals surface area contributed by atoms with Crippen LogP contribution in [0.1, 0.15) is 54.4 Å².